The highest BCUT2D eigenvalue weighted by atomic mass is 16.5. The fourth-order valence-electron chi connectivity index (χ4n) is 2.17. The van der Waals surface area contributed by atoms with Gasteiger partial charge in [0.15, 0.2) is 0 Å². The number of carbonyl (C=O) groups is 1. The first-order valence-corrected chi connectivity index (χ1v) is 6.73. The zero-order chi connectivity index (χ0) is 14.4. The van der Waals surface area contributed by atoms with Crippen LogP contribution in [0.15, 0.2) is 24.3 Å². The number of hydrogen-bond acceptors (Lipinski definition) is 3. The maximum atomic E-state index is 12.3. The van der Waals surface area contributed by atoms with E-state index in [9.17, 15) is 4.79 Å². The van der Waals surface area contributed by atoms with Gasteiger partial charge in [-0.3, -0.25) is 4.79 Å². The minimum absolute atomic E-state index is 0.0953. The Bertz CT molecular complexity index is 536. The van der Waals surface area contributed by atoms with Crippen molar-refractivity contribution in [2.75, 3.05) is 19.8 Å². The van der Waals surface area contributed by atoms with Crippen LogP contribution in [0.3, 0.4) is 0 Å². The van der Waals surface area contributed by atoms with Gasteiger partial charge < -0.3 is 15.2 Å². The first-order chi connectivity index (χ1) is 9.63. The monoisotopic (exact) mass is 273 g/mol. The second-order valence-electron chi connectivity index (χ2n) is 5.17. The molecule has 1 aromatic rings. The van der Waals surface area contributed by atoms with E-state index in [1.807, 2.05) is 13.0 Å². The average molecular weight is 273 g/mol. The number of benzene rings is 1. The molecule has 0 spiro atoms. The summed E-state index contributed by atoms with van der Waals surface area (Å²) in [6.07, 6.45) is 1.64. The molecule has 4 heteroatoms. The summed E-state index contributed by atoms with van der Waals surface area (Å²) in [5.41, 5.74) is 1.11. The SMILES string of the molecule is CC1(NC(=O)c2cccc(C#CCO)c2)CCOCC1. The summed E-state index contributed by atoms with van der Waals surface area (Å²) in [5, 5.41) is 11.8. The molecule has 0 aromatic heterocycles. The Morgan fingerprint density at radius 2 is 2.20 bits per heavy atom. The number of rotatable bonds is 2. The zero-order valence-corrected chi connectivity index (χ0v) is 11.6. The average Bonchev–Trinajstić information content (AvgIpc) is 2.45. The van der Waals surface area contributed by atoms with Gasteiger partial charge in [0.25, 0.3) is 5.91 Å². The molecular formula is C16H19NO3. The van der Waals surface area contributed by atoms with Gasteiger partial charge in [-0.1, -0.05) is 17.9 Å². The van der Waals surface area contributed by atoms with Crippen LogP contribution in [0.2, 0.25) is 0 Å². The lowest BCUT2D eigenvalue weighted by atomic mass is 9.92. The van der Waals surface area contributed by atoms with Crippen molar-refractivity contribution < 1.29 is 14.6 Å². The second-order valence-corrected chi connectivity index (χ2v) is 5.17. The molecule has 0 saturated carbocycles. The minimum atomic E-state index is -0.206. The maximum Gasteiger partial charge on any atom is 0.251 e. The second kappa shape index (κ2) is 6.56. The van der Waals surface area contributed by atoms with Crippen LogP contribution in [-0.2, 0) is 4.74 Å². The van der Waals surface area contributed by atoms with Crippen molar-refractivity contribution in [3.8, 4) is 11.8 Å². The molecule has 1 aromatic carbocycles. The quantitative estimate of drug-likeness (QED) is 0.799. The predicted octanol–water partition coefficient (Wildman–Crippen LogP) is 1.33. The van der Waals surface area contributed by atoms with Crippen molar-refractivity contribution in [3.05, 3.63) is 35.4 Å². The van der Waals surface area contributed by atoms with E-state index in [0.29, 0.717) is 18.8 Å². The van der Waals surface area contributed by atoms with Gasteiger partial charge in [-0.2, -0.15) is 0 Å². The molecule has 0 atom stereocenters. The van der Waals surface area contributed by atoms with Crippen molar-refractivity contribution in [2.24, 2.45) is 0 Å². The van der Waals surface area contributed by atoms with Crippen LogP contribution in [0.25, 0.3) is 0 Å². The Hall–Kier alpha value is -1.83. The summed E-state index contributed by atoms with van der Waals surface area (Å²) in [7, 11) is 0. The number of nitrogens with one attached hydrogen (secondary N) is 1. The molecule has 1 aliphatic heterocycles. The number of amides is 1. The van der Waals surface area contributed by atoms with Gasteiger partial charge >= 0.3 is 0 Å². The molecule has 1 aliphatic rings. The highest BCUT2D eigenvalue weighted by Crippen LogP contribution is 2.20. The van der Waals surface area contributed by atoms with Crippen LogP contribution in [0, 0.1) is 11.8 Å². The van der Waals surface area contributed by atoms with Crippen molar-refractivity contribution in [1.29, 1.82) is 0 Å². The third-order valence-corrected chi connectivity index (χ3v) is 3.45. The molecule has 4 nitrogen and oxygen atoms in total. The Kier molecular flexibility index (Phi) is 4.78. The molecule has 2 rings (SSSR count). The molecule has 0 bridgehead atoms. The first kappa shape index (κ1) is 14.6. The van der Waals surface area contributed by atoms with E-state index in [1.165, 1.54) is 0 Å². The van der Waals surface area contributed by atoms with Gasteiger partial charge in [-0.05, 0) is 38.0 Å². The van der Waals surface area contributed by atoms with Crippen molar-refractivity contribution in [3.63, 3.8) is 0 Å². The predicted molar refractivity (Wildman–Crippen MR) is 76.3 cm³/mol. The summed E-state index contributed by atoms with van der Waals surface area (Å²) in [4.78, 5) is 12.3. The summed E-state index contributed by atoms with van der Waals surface area (Å²) < 4.78 is 5.32. The molecule has 0 radical (unpaired) electrons. The number of ether oxygens (including phenoxy) is 1. The first-order valence-electron chi connectivity index (χ1n) is 6.73. The highest BCUT2D eigenvalue weighted by Gasteiger charge is 2.29. The molecule has 1 amide bonds. The minimum Gasteiger partial charge on any atom is -0.384 e. The fraction of sp³-hybridized carbons (Fsp3) is 0.438. The van der Waals surface area contributed by atoms with Crippen LogP contribution >= 0.6 is 0 Å². The van der Waals surface area contributed by atoms with Gasteiger partial charge in [-0.25, -0.2) is 0 Å². The third kappa shape index (κ3) is 3.83. The lowest BCUT2D eigenvalue weighted by Gasteiger charge is -2.34. The van der Waals surface area contributed by atoms with Crippen molar-refractivity contribution >= 4 is 5.91 Å². The van der Waals surface area contributed by atoms with Crippen LogP contribution in [0.4, 0.5) is 0 Å². The number of hydrogen-bond donors (Lipinski definition) is 2. The Morgan fingerprint density at radius 1 is 1.45 bits per heavy atom. The molecule has 1 fully saturated rings. The van der Waals surface area contributed by atoms with Crippen LogP contribution in [-0.4, -0.2) is 36.4 Å². The maximum absolute atomic E-state index is 12.3. The van der Waals surface area contributed by atoms with E-state index in [0.717, 1.165) is 18.4 Å². The Morgan fingerprint density at radius 3 is 2.90 bits per heavy atom. The van der Waals surface area contributed by atoms with E-state index < -0.39 is 0 Å². The van der Waals surface area contributed by atoms with Crippen LogP contribution < -0.4 is 5.32 Å². The smallest absolute Gasteiger partial charge is 0.251 e. The lowest BCUT2D eigenvalue weighted by molar-refractivity contribution is 0.0423. The van der Waals surface area contributed by atoms with Gasteiger partial charge in [0, 0.05) is 29.9 Å². The molecule has 0 unspecified atom stereocenters. The summed E-state index contributed by atoms with van der Waals surface area (Å²) in [6, 6.07) is 7.11. The zero-order valence-electron chi connectivity index (χ0n) is 11.6. The molecule has 1 heterocycles. The molecule has 20 heavy (non-hydrogen) atoms. The lowest BCUT2D eigenvalue weighted by Crippen LogP contribution is -2.49. The standard InChI is InChI=1S/C16H19NO3/c1-16(7-10-20-11-8-16)17-15(19)14-6-2-4-13(12-14)5-3-9-18/h2,4,6,12,18H,7-11H2,1H3,(H,17,19). The summed E-state index contributed by atoms with van der Waals surface area (Å²) in [6.45, 7) is 3.22. The largest absolute Gasteiger partial charge is 0.384 e. The number of aliphatic hydroxyl groups is 1. The third-order valence-electron chi connectivity index (χ3n) is 3.45. The number of aliphatic hydroxyl groups excluding tert-OH is 1. The van der Waals surface area contributed by atoms with E-state index in [2.05, 4.69) is 17.2 Å². The number of carbonyl (C=O) groups excluding carboxylic acids is 1. The van der Waals surface area contributed by atoms with Crippen molar-refractivity contribution in [1.82, 2.24) is 5.32 Å². The summed E-state index contributed by atoms with van der Waals surface area (Å²) >= 11 is 0. The van der Waals surface area contributed by atoms with Gasteiger partial charge in [0.05, 0.1) is 0 Å². The Balaban J connectivity index is 2.08. The molecule has 0 aliphatic carbocycles. The molecule has 2 N–H and O–H groups in total. The van der Waals surface area contributed by atoms with E-state index in [-0.39, 0.29) is 18.1 Å². The topological polar surface area (TPSA) is 58.6 Å². The van der Waals surface area contributed by atoms with E-state index in [1.54, 1.807) is 18.2 Å². The van der Waals surface area contributed by atoms with Gasteiger partial charge in [0.2, 0.25) is 0 Å². The molecule has 106 valence electrons. The fourth-order valence-corrected chi connectivity index (χ4v) is 2.17. The highest BCUT2D eigenvalue weighted by molar-refractivity contribution is 5.95. The van der Waals surface area contributed by atoms with E-state index in [4.69, 9.17) is 9.84 Å². The van der Waals surface area contributed by atoms with Gasteiger partial charge in [-0.15, -0.1) is 0 Å². The van der Waals surface area contributed by atoms with Crippen molar-refractivity contribution in [2.45, 2.75) is 25.3 Å². The summed E-state index contributed by atoms with van der Waals surface area (Å²) in [5.74, 6) is 5.28. The van der Waals surface area contributed by atoms with Crippen LogP contribution in [0.1, 0.15) is 35.7 Å². The van der Waals surface area contributed by atoms with E-state index >= 15 is 0 Å². The molecule has 1 saturated heterocycles. The molecular weight excluding hydrogens is 254 g/mol. The van der Waals surface area contributed by atoms with Gasteiger partial charge in [0.1, 0.15) is 6.61 Å². The van der Waals surface area contributed by atoms with Crippen LogP contribution in [0.5, 0.6) is 0 Å². The Labute approximate surface area is 119 Å². The normalized spacial score (nSPS) is 16.9.